The molecular weight excluding hydrogens is 1820 g/mol. The number of aliphatic hydroxyl groups is 1. The van der Waals surface area contributed by atoms with Gasteiger partial charge in [-0.2, -0.15) is 78.9 Å². The maximum atomic E-state index is 12.3. The molecule has 143 heavy (non-hydrogen) atoms. The highest BCUT2D eigenvalue weighted by Gasteiger charge is 2.59. The normalized spacial score (nSPS) is 22.4. The van der Waals surface area contributed by atoms with Crippen molar-refractivity contribution in [1.82, 2.24) is 49.4 Å². The van der Waals surface area contributed by atoms with Crippen LogP contribution in [0.2, 0.25) is 0 Å². The Morgan fingerprint density at radius 3 is 0.531 bits per heavy atom. The quantitative estimate of drug-likeness (QED) is 0.0559. The third-order valence-electron chi connectivity index (χ3n) is 26.2. The lowest BCUT2D eigenvalue weighted by Gasteiger charge is -2.44. The van der Waals surface area contributed by atoms with E-state index in [1.807, 2.05) is 60.7 Å². The first-order valence-electron chi connectivity index (χ1n) is 44.9. The highest BCUT2D eigenvalue weighted by molar-refractivity contribution is 5.74. The molecule has 10 atom stereocenters. The molecule has 41 nitrogen and oxygen atoms in total. The molecule has 0 bridgehead atoms. The Balaban J connectivity index is 0.000000182. The number of carbonyl (C=O) groups excluding carboxylic acids is 5. The molecule has 0 spiro atoms. The van der Waals surface area contributed by atoms with Gasteiger partial charge < -0.3 is 82.0 Å². The first kappa shape index (κ1) is 106. The first-order chi connectivity index (χ1) is 69.1. The zero-order chi connectivity index (χ0) is 104. The fraction of sp³-hybridized carbons (Fsp3) is 0.363. The van der Waals surface area contributed by atoms with Gasteiger partial charge in [-0.15, -0.1) is 0 Å². The summed E-state index contributed by atoms with van der Waals surface area (Å²) in [5.74, 6) is -4.75. The van der Waals surface area contributed by atoms with Crippen LogP contribution >= 0.6 is 0 Å². The molecule has 0 saturated carbocycles. The van der Waals surface area contributed by atoms with Crippen LogP contribution in [-0.4, -0.2) is 190 Å². The van der Waals surface area contributed by atoms with E-state index >= 15 is 0 Å². The number of pyridine rings is 5. The highest BCUT2D eigenvalue weighted by atomic mass is 16.6. The topological polar surface area (TPSA) is 719 Å². The van der Waals surface area contributed by atoms with Gasteiger partial charge in [0.05, 0.1) is 180 Å². The van der Waals surface area contributed by atoms with Gasteiger partial charge in [0.25, 0.3) is 0 Å². The van der Waals surface area contributed by atoms with Crippen LogP contribution in [0.4, 0.5) is 24.0 Å². The standard InChI is InChI=1S/5C20H18N6O2.C2H6O/c5*1-2-28-19(27)26-8-5-16-15(10-26)17(13-3-6-25-7-4-13)14(9-21)18(24)20(16,11-22)12-23;1-2-3/h5*3-7,15,17H,2,8,10,24H2,1H3;3H,2H2,1H3. The molecule has 0 saturated heterocycles. The molecule has 41 heteroatoms. The van der Waals surface area contributed by atoms with Crippen LogP contribution in [0.1, 0.15) is 98.9 Å². The minimum atomic E-state index is -1.72. The molecule has 11 N–H and O–H groups in total. The van der Waals surface area contributed by atoms with Gasteiger partial charge in [-0.25, -0.2) is 24.0 Å². The van der Waals surface area contributed by atoms with Crippen LogP contribution in [0.25, 0.3) is 0 Å². The number of nitrogens with two attached hydrogens (primary N) is 5. The van der Waals surface area contributed by atoms with Crippen LogP contribution in [0.15, 0.2) is 237 Å². The maximum absolute atomic E-state index is 12.3. The summed E-state index contributed by atoms with van der Waals surface area (Å²) in [5, 5.41) is 155. The summed E-state index contributed by atoms with van der Waals surface area (Å²) in [4.78, 5) is 88.9. The maximum Gasteiger partial charge on any atom is 0.410 e. The van der Waals surface area contributed by atoms with Crippen molar-refractivity contribution in [3.63, 3.8) is 0 Å². The summed E-state index contributed by atoms with van der Waals surface area (Å²) in [5.41, 5.74) is 29.6. The van der Waals surface area contributed by atoms with E-state index in [-0.39, 0.29) is 161 Å². The van der Waals surface area contributed by atoms with E-state index in [0.29, 0.717) is 27.9 Å². The van der Waals surface area contributed by atoms with Crippen LogP contribution < -0.4 is 28.7 Å². The Morgan fingerprint density at radius 2 is 0.420 bits per heavy atom. The van der Waals surface area contributed by atoms with Crippen LogP contribution in [0.3, 0.4) is 0 Å². The molecule has 10 aliphatic rings. The Labute approximate surface area is 824 Å². The van der Waals surface area contributed by atoms with Crippen molar-refractivity contribution in [2.45, 2.75) is 71.1 Å². The average Bonchev–Trinajstić information content (AvgIpc) is 0.744. The smallest absolute Gasteiger partial charge is 0.410 e. The fourth-order valence-electron chi connectivity index (χ4n) is 19.8. The Hall–Kier alpha value is -19.2. The minimum absolute atomic E-state index is 0.0473. The third kappa shape index (κ3) is 19.8. The van der Waals surface area contributed by atoms with E-state index in [1.165, 1.54) is 24.5 Å². The number of aliphatic hydroxyl groups excluding tert-OH is 1. The second-order valence-electron chi connectivity index (χ2n) is 33.0. The average molecular weight is 1920 g/mol. The van der Waals surface area contributed by atoms with Crippen molar-refractivity contribution in [1.29, 1.82) is 78.9 Å². The number of nitriles is 15. The Morgan fingerprint density at radius 1 is 0.287 bits per heavy atom. The molecule has 0 fully saturated rings. The summed E-state index contributed by atoms with van der Waals surface area (Å²) in [6.45, 7) is 13.8. The van der Waals surface area contributed by atoms with Gasteiger partial charge in [0, 0.05) is 193 Å². The molecule has 10 heterocycles. The number of rotatable bonds is 10. The van der Waals surface area contributed by atoms with Gasteiger partial charge in [-0.3, -0.25) is 24.9 Å². The van der Waals surface area contributed by atoms with Crippen LogP contribution in [0.5, 0.6) is 0 Å². The summed E-state index contributed by atoms with van der Waals surface area (Å²) in [6, 6.07) is 48.3. The van der Waals surface area contributed by atoms with E-state index in [0.717, 1.165) is 27.8 Å². The van der Waals surface area contributed by atoms with Crippen molar-refractivity contribution < 1.29 is 52.8 Å². The second-order valence-corrected chi connectivity index (χ2v) is 33.0. The number of hydrogen-bond donors (Lipinski definition) is 6. The van der Waals surface area contributed by atoms with E-state index < -0.39 is 117 Å². The summed E-state index contributed by atoms with van der Waals surface area (Å²) >= 11 is 0. The molecular formula is C102H96N30O11. The first-order valence-corrected chi connectivity index (χ1v) is 44.9. The predicted molar refractivity (Wildman–Crippen MR) is 501 cm³/mol. The Kier molecular flexibility index (Phi) is 34.8. The lowest BCUT2D eigenvalue weighted by Crippen LogP contribution is -2.48. The number of amides is 5. The summed E-state index contributed by atoms with van der Waals surface area (Å²) in [6.07, 6.45) is 22.1. The SMILES string of the molecule is CCO.CCOC(=O)N1CC=C2C(C1)C(c1ccncc1)C(C#N)=C(N)C2(C#N)C#N.CCOC(=O)N1CC=C2C(C1)C(c1ccncc1)C(C#N)=C(N)C2(C#N)C#N.CCOC(=O)N1CC=C2C(C1)C(c1ccncc1)C(C#N)=C(N)C2(C#N)C#N.CCOC(=O)N1CC=C2C(C1)C(c1ccncc1)C(C#N)=C(N)C2(C#N)C#N.CCOC(=O)N1CC=C2C(C1)C(c1ccncc1)C(C#N)=C(N)C2(C#N)C#N. The van der Waals surface area contributed by atoms with E-state index in [4.69, 9.17) is 57.5 Å². The number of ether oxygens (including phenoxy) is 5. The van der Waals surface area contributed by atoms with Gasteiger partial charge in [0.1, 0.15) is 0 Å². The molecule has 5 amide bonds. The molecule has 5 aliphatic carbocycles. The number of hydrogen-bond acceptors (Lipinski definition) is 36. The highest BCUT2D eigenvalue weighted by Crippen LogP contribution is 2.59. The molecule has 5 aromatic heterocycles. The number of fused-ring (bicyclic) bond motifs is 5. The van der Waals surface area contributed by atoms with E-state index in [2.05, 4.69) is 55.3 Å². The molecule has 15 rings (SSSR count). The zero-order valence-electron chi connectivity index (χ0n) is 78.6. The summed E-state index contributed by atoms with van der Waals surface area (Å²) < 4.78 is 25.5. The van der Waals surface area contributed by atoms with E-state index in [9.17, 15) is 103 Å². The molecule has 0 aromatic carbocycles. The summed E-state index contributed by atoms with van der Waals surface area (Å²) in [7, 11) is 0. The van der Waals surface area contributed by atoms with Crippen LogP contribution in [0, 0.1) is 227 Å². The van der Waals surface area contributed by atoms with Crippen molar-refractivity contribution in [2.24, 2.45) is 85.3 Å². The second kappa shape index (κ2) is 47.0. The monoisotopic (exact) mass is 1920 g/mol. The predicted octanol–water partition coefficient (Wildman–Crippen LogP) is 9.82. The van der Waals surface area contributed by atoms with Gasteiger partial charge in [-0.1, -0.05) is 30.4 Å². The molecule has 5 aliphatic heterocycles. The van der Waals surface area contributed by atoms with Gasteiger partial charge in [0.15, 0.2) is 0 Å². The van der Waals surface area contributed by atoms with Crippen molar-refractivity contribution >= 4 is 30.5 Å². The largest absolute Gasteiger partial charge is 0.450 e. The number of allylic oxidation sites excluding steroid dienone is 10. The number of nitrogens with zero attached hydrogens (tertiary/aromatic N) is 25. The van der Waals surface area contributed by atoms with Gasteiger partial charge in [0.2, 0.25) is 27.1 Å². The van der Waals surface area contributed by atoms with Gasteiger partial charge >= 0.3 is 30.5 Å². The number of carbonyl (C=O) groups is 5. The van der Waals surface area contributed by atoms with Crippen molar-refractivity contribution in [3.05, 3.63) is 265 Å². The lowest BCUT2D eigenvalue weighted by molar-refractivity contribution is 0.101. The van der Waals surface area contributed by atoms with Crippen molar-refractivity contribution in [2.75, 3.05) is 105 Å². The van der Waals surface area contributed by atoms with Gasteiger partial charge in [-0.05, 0) is 158 Å². The zero-order valence-corrected chi connectivity index (χ0v) is 78.6. The van der Waals surface area contributed by atoms with Crippen LogP contribution in [-0.2, 0) is 23.7 Å². The third-order valence-corrected chi connectivity index (χ3v) is 26.2. The van der Waals surface area contributed by atoms with Crippen molar-refractivity contribution in [3.8, 4) is 91.0 Å². The van der Waals surface area contributed by atoms with E-state index in [1.54, 1.807) is 195 Å². The molecule has 5 aromatic rings. The molecule has 10 unspecified atom stereocenters. The molecule has 720 valence electrons. The lowest BCUT2D eigenvalue weighted by atomic mass is 9.60. The number of aromatic nitrogens is 5. The Bertz CT molecular complexity index is 5780. The molecule has 0 radical (unpaired) electrons. The minimum Gasteiger partial charge on any atom is -0.450 e. The fourth-order valence-corrected chi connectivity index (χ4v) is 19.8.